The van der Waals surface area contributed by atoms with Crippen molar-refractivity contribution >= 4 is 45.0 Å². The van der Waals surface area contributed by atoms with Crippen LogP contribution in [0.4, 0.5) is 34.6 Å². The Bertz CT molecular complexity index is 1590. The average Bonchev–Trinajstić information content (AvgIpc) is 3.44. The van der Waals surface area contributed by atoms with Crippen LogP contribution in [0, 0.1) is 13.8 Å². The Balaban J connectivity index is 0.000000782. The highest BCUT2D eigenvalue weighted by Gasteiger charge is 2.20. The van der Waals surface area contributed by atoms with Crippen molar-refractivity contribution in [2.75, 3.05) is 36.0 Å². The third-order valence-electron chi connectivity index (χ3n) is 7.12. The molecular formula is C28H36N10O4S. The van der Waals surface area contributed by atoms with Crippen molar-refractivity contribution in [1.82, 2.24) is 9.13 Å². The van der Waals surface area contributed by atoms with E-state index >= 15 is 0 Å². The van der Waals surface area contributed by atoms with E-state index in [9.17, 15) is 0 Å². The molecule has 3 heterocycles. The van der Waals surface area contributed by atoms with E-state index in [4.69, 9.17) is 17.5 Å². The molecule has 0 atom stereocenters. The van der Waals surface area contributed by atoms with E-state index in [-0.39, 0.29) is 0 Å². The van der Waals surface area contributed by atoms with Gasteiger partial charge < -0.3 is 18.9 Å². The Hall–Kier alpha value is -4.47. The standard InChI is InChI=1S/C28H36N10.H2O4S/c1-21-19-23(29-31-27-33(3)11-12-34(27)4)7-9-25(21)37-15-17-38(18-16-37)26-10-8-24(20-22(26)2)30-32-28-35(5)13-14-36(28)6;1-5(2,3)4/h7-14,19-20H,15-18H2,1-6H3;(H2,1,2,3,4)/q+2;/p-2. The van der Waals surface area contributed by atoms with Gasteiger partial charge in [0.25, 0.3) is 0 Å². The number of aromatic nitrogens is 4. The van der Waals surface area contributed by atoms with Crippen LogP contribution in [-0.2, 0) is 38.6 Å². The molecule has 0 unspecified atom stereocenters. The number of piperazine rings is 1. The van der Waals surface area contributed by atoms with Gasteiger partial charge in [0.2, 0.25) is 0 Å². The fraction of sp³-hybridized carbons (Fsp3) is 0.357. The lowest BCUT2D eigenvalue weighted by atomic mass is 10.1. The van der Waals surface area contributed by atoms with Crippen LogP contribution in [0.5, 0.6) is 0 Å². The maximum absolute atomic E-state index is 8.52. The highest BCUT2D eigenvalue weighted by Crippen LogP contribution is 2.30. The second-order valence-corrected chi connectivity index (χ2v) is 11.2. The molecule has 1 saturated heterocycles. The third-order valence-corrected chi connectivity index (χ3v) is 7.12. The topological polar surface area (TPSA) is 154 Å². The molecule has 43 heavy (non-hydrogen) atoms. The number of aryl methyl sites for hydroxylation is 6. The molecule has 1 aliphatic rings. The predicted molar refractivity (Wildman–Crippen MR) is 159 cm³/mol. The second-order valence-electron chi connectivity index (χ2n) is 10.4. The summed E-state index contributed by atoms with van der Waals surface area (Å²) in [5.41, 5.74) is 6.66. The summed E-state index contributed by atoms with van der Waals surface area (Å²) >= 11 is 0. The number of imidazole rings is 2. The lowest BCUT2D eigenvalue weighted by Gasteiger charge is -2.38. The largest absolute Gasteiger partial charge is 0.759 e. The summed E-state index contributed by atoms with van der Waals surface area (Å²) in [5, 5.41) is 17.8. The SMILES string of the molecule is Cc1cc(/N=N/c2n(C)cc[n+]2C)ccc1N1CCN(c2ccc(/N=N/c3n(C)cc[n+]3C)cc2C)CC1.O=S(=O)([O-])[O-]. The molecule has 14 nitrogen and oxygen atoms in total. The van der Waals surface area contributed by atoms with E-state index in [0.717, 1.165) is 49.5 Å². The Kier molecular flexibility index (Phi) is 9.68. The van der Waals surface area contributed by atoms with E-state index in [2.05, 4.69) is 68.4 Å². The molecule has 1 aliphatic heterocycles. The Morgan fingerprint density at radius 3 is 1.30 bits per heavy atom. The van der Waals surface area contributed by atoms with Gasteiger partial charge in [-0.2, -0.15) is 0 Å². The van der Waals surface area contributed by atoms with E-state index in [1.54, 1.807) is 0 Å². The first kappa shape index (κ1) is 31.5. The number of rotatable bonds is 6. The number of azo groups is 2. The Morgan fingerprint density at radius 2 is 1.02 bits per heavy atom. The minimum atomic E-state index is -5.17. The summed E-state index contributed by atoms with van der Waals surface area (Å²) in [7, 11) is 2.70. The molecule has 0 bridgehead atoms. The monoisotopic (exact) mass is 608 g/mol. The van der Waals surface area contributed by atoms with Gasteiger partial charge in [-0.05, 0) is 61.4 Å². The molecule has 15 heteroatoms. The highest BCUT2D eigenvalue weighted by molar-refractivity contribution is 7.79. The molecule has 2 aromatic heterocycles. The quantitative estimate of drug-likeness (QED) is 0.141. The van der Waals surface area contributed by atoms with Crippen LogP contribution in [0.3, 0.4) is 0 Å². The van der Waals surface area contributed by atoms with Gasteiger partial charge in [-0.25, -0.2) is 18.3 Å². The van der Waals surface area contributed by atoms with Crippen molar-refractivity contribution in [3.8, 4) is 0 Å². The van der Waals surface area contributed by atoms with E-state index in [0.29, 0.717) is 0 Å². The minimum Gasteiger partial charge on any atom is -0.759 e. The molecular weight excluding hydrogens is 572 g/mol. The number of benzene rings is 2. The average molecular weight is 609 g/mol. The van der Waals surface area contributed by atoms with E-state index in [1.807, 2.05) is 83.4 Å². The zero-order valence-electron chi connectivity index (χ0n) is 25.1. The molecule has 2 aromatic carbocycles. The zero-order chi connectivity index (χ0) is 31.3. The van der Waals surface area contributed by atoms with Crippen molar-refractivity contribution in [1.29, 1.82) is 0 Å². The lowest BCUT2D eigenvalue weighted by molar-refractivity contribution is -0.657. The normalized spacial score (nSPS) is 14.0. The summed E-state index contributed by atoms with van der Waals surface area (Å²) in [6, 6.07) is 12.7. The second kappa shape index (κ2) is 13.2. The molecule has 4 aromatic rings. The summed E-state index contributed by atoms with van der Waals surface area (Å²) < 4.78 is 41.9. The molecule has 228 valence electrons. The van der Waals surface area contributed by atoms with Crippen LogP contribution in [0.25, 0.3) is 0 Å². The van der Waals surface area contributed by atoms with Crippen molar-refractivity contribution < 1.29 is 26.7 Å². The van der Waals surface area contributed by atoms with Gasteiger partial charge in [0.05, 0.1) is 53.0 Å². The summed E-state index contributed by atoms with van der Waals surface area (Å²) in [6.07, 6.45) is 7.87. The molecule has 5 rings (SSSR count). The smallest absolute Gasteiger partial charge is 0.421 e. The van der Waals surface area contributed by atoms with E-state index < -0.39 is 10.4 Å². The van der Waals surface area contributed by atoms with Crippen molar-refractivity contribution in [3.05, 3.63) is 72.3 Å². The van der Waals surface area contributed by atoms with Gasteiger partial charge in [0.15, 0.2) is 0 Å². The van der Waals surface area contributed by atoms with Gasteiger partial charge in [-0.15, -0.1) is 0 Å². The van der Waals surface area contributed by atoms with Gasteiger partial charge >= 0.3 is 11.9 Å². The van der Waals surface area contributed by atoms with Crippen LogP contribution >= 0.6 is 0 Å². The molecule has 0 amide bonds. The van der Waals surface area contributed by atoms with Gasteiger partial charge in [-0.1, -0.05) is 10.2 Å². The lowest BCUT2D eigenvalue weighted by Crippen LogP contribution is -2.47. The van der Waals surface area contributed by atoms with Gasteiger partial charge in [0, 0.05) is 58.2 Å². The van der Waals surface area contributed by atoms with Crippen LogP contribution < -0.4 is 18.9 Å². The number of nitrogens with zero attached hydrogens (tertiary/aromatic N) is 10. The van der Waals surface area contributed by atoms with Gasteiger partial charge in [0.1, 0.15) is 11.4 Å². The van der Waals surface area contributed by atoms with E-state index in [1.165, 1.54) is 22.5 Å². The Labute approximate surface area is 251 Å². The molecule has 0 saturated carbocycles. The maximum atomic E-state index is 8.52. The summed E-state index contributed by atoms with van der Waals surface area (Å²) in [5.74, 6) is 1.61. The fourth-order valence-electron chi connectivity index (χ4n) is 4.95. The summed E-state index contributed by atoms with van der Waals surface area (Å²) in [4.78, 5) is 4.92. The molecule has 0 radical (unpaired) electrons. The molecule has 0 N–H and O–H groups in total. The first-order valence-electron chi connectivity index (χ1n) is 13.5. The molecule has 1 fully saturated rings. The number of anilines is 2. The van der Waals surface area contributed by atoms with Crippen molar-refractivity contribution in [2.24, 2.45) is 48.6 Å². The van der Waals surface area contributed by atoms with Crippen molar-refractivity contribution in [2.45, 2.75) is 13.8 Å². The number of hydrogen-bond donors (Lipinski definition) is 0. The van der Waals surface area contributed by atoms with Crippen LogP contribution in [0.2, 0.25) is 0 Å². The Morgan fingerprint density at radius 1 is 0.674 bits per heavy atom. The summed E-state index contributed by atoms with van der Waals surface area (Å²) in [6.45, 7) is 8.15. The minimum absolute atomic E-state index is 0.805. The zero-order valence-corrected chi connectivity index (χ0v) is 25.9. The molecule has 0 aliphatic carbocycles. The molecule has 0 spiro atoms. The van der Waals surface area contributed by atoms with Crippen LogP contribution in [0.1, 0.15) is 11.1 Å². The van der Waals surface area contributed by atoms with Crippen LogP contribution in [-0.4, -0.2) is 52.8 Å². The highest BCUT2D eigenvalue weighted by atomic mass is 32.3. The third kappa shape index (κ3) is 8.30. The van der Waals surface area contributed by atoms with Gasteiger partial charge in [-0.3, -0.25) is 8.42 Å². The maximum Gasteiger partial charge on any atom is 0.421 e. The predicted octanol–water partition coefficient (Wildman–Crippen LogP) is 3.45. The van der Waals surface area contributed by atoms with Crippen LogP contribution in [0.15, 0.2) is 81.6 Å². The first-order valence-corrected chi connectivity index (χ1v) is 14.9. The van der Waals surface area contributed by atoms with Crippen molar-refractivity contribution in [3.63, 3.8) is 0 Å². The first-order chi connectivity index (χ1) is 20.3. The number of hydrogen-bond acceptors (Lipinski definition) is 10. The fourth-order valence-corrected chi connectivity index (χ4v) is 4.95.